The molecule has 2 aliphatic rings. The topological polar surface area (TPSA) is 17.1 Å². The maximum absolute atomic E-state index is 13.6. The minimum atomic E-state index is -2.98. The van der Waals surface area contributed by atoms with Crippen molar-refractivity contribution >= 4 is 17.7 Å². The minimum Gasteiger partial charge on any atom is -0.305 e. The highest BCUT2D eigenvalue weighted by atomic mass is 35.7. The smallest absolute Gasteiger partial charge is 0.188 e. The molecule has 0 aromatic carbocycles. The first-order valence-corrected chi connectivity index (χ1v) is 9.39. The van der Waals surface area contributed by atoms with Crippen LogP contribution in [0.3, 0.4) is 0 Å². The van der Waals surface area contributed by atoms with E-state index < -0.39 is 16.8 Å². The van der Waals surface area contributed by atoms with Gasteiger partial charge < -0.3 is 4.57 Å². The normalized spacial score (nSPS) is 44.3. The van der Waals surface area contributed by atoms with Gasteiger partial charge in [0.15, 0.2) is 6.49 Å². The van der Waals surface area contributed by atoms with Crippen LogP contribution in [0.2, 0.25) is 0 Å². The highest BCUT2D eigenvalue weighted by Gasteiger charge is 2.56. The lowest BCUT2D eigenvalue weighted by atomic mass is 9.89. The Morgan fingerprint density at radius 2 is 1.26 bits per heavy atom. The molecule has 0 N–H and O–H groups in total. The van der Waals surface area contributed by atoms with E-state index in [9.17, 15) is 4.57 Å². The Hall–Kier alpha value is -0.520. The molecule has 0 aromatic heterocycles. The van der Waals surface area contributed by atoms with Crippen molar-refractivity contribution in [3.63, 3.8) is 0 Å². The van der Waals surface area contributed by atoms with E-state index in [2.05, 4.69) is 26.0 Å². The molecule has 2 aliphatic carbocycles. The van der Waals surface area contributed by atoms with Crippen molar-refractivity contribution in [2.24, 2.45) is 11.8 Å². The molecule has 0 aromatic rings. The van der Waals surface area contributed by atoms with E-state index in [-0.39, 0.29) is 11.8 Å². The first kappa shape index (κ1) is 14.9. The lowest BCUT2D eigenvalue weighted by Crippen LogP contribution is -2.41. The molecule has 19 heavy (non-hydrogen) atoms. The van der Waals surface area contributed by atoms with Crippen LogP contribution in [-0.2, 0) is 4.57 Å². The second kappa shape index (κ2) is 4.79. The summed E-state index contributed by atoms with van der Waals surface area (Å²) in [6.45, 7) is 5.24. The highest BCUT2D eigenvalue weighted by Crippen LogP contribution is 2.76. The molecule has 0 spiro atoms. The van der Waals surface area contributed by atoms with Crippen molar-refractivity contribution < 1.29 is 4.57 Å². The highest BCUT2D eigenvalue weighted by molar-refractivity contribution is 7.91. The lowest BCUT2D eigenvalue weighted by molar-refractivity contribution is 0.473. The molecule has 0 saturated heterocycles. The Bertz CT molecular complexity index is 487. The van der Waals surface area contributed by atoms with Crippen molar-refractivity contribution in [1.82, 2.24) is 0 Å². The predicted molar refractivity (Wildman–Crippen MR) is 85.2 cm³/mol. The fraction of sp³-hybridized carbons (Fsp3) is 0.500. The summed E-state index contributed by atoms with van der Waals surface area (Å²) in [7, 11) is 0. The second-order valence-electron chi connectivity index (χ2n) is 6.05. The summed E-state index contributed by atoms with van der Waals surface area (Å²) < 4.78 is 13.6. The average Bonchev–Trinajstić information content (AvgIpc) is 2.36. The SMILES string of the molecule is CC1C=CC=CC1(C)P(=O)(Cl)C1(C)C=CC=CC1C. The van der Waals surface area contributed by atoms with Crippen molar-refractivity contribution in [2.45, 2.75) is 38.0 Å². The Balaban J connectivity index is 2.51. The summed E-state index contributed by atoms with van der Waals surface area (Å²) in [6, 6.07) is 0. The van der Waals surface area contributed by atoms with Gasteiger partial charge in [-0.2, -0.15) is 0 Å². The van der Waals surface area contributed by atoms with Gasteiger partial charge in [-0.3, -0.25) is 0 Å². The van der Waals surface area contributed by atoms with Gasteiger partial charge in [0.2, 0.25) is 0 Å². The van der Waals surface area contributed by atoms with E-state index in [0.29, 0.717) is 0 Å². The molecule has 0 amide bonds. The molecule has 4 atom stereocenters. The van der Waals surface area contributed by atoms with Crippen LogP contribution >= 0.6 is 17.7 Å². The van der Waals surface area contributed by atoms with Gasteiger partial charge in [-0.1, -0.05) is 73.7 Å². The van der Waals surface area contributed by atoms with Gasteiger partial charge in [-0.05, 0) is 25.7 Å². The monoisotopic (exact) mass is 296 g/mol. The molecule has 0 aliphatic heterocycles. The summed E-state index contributed by atoms with van der Waals surface area (Å²) in [5, 5.41) is -0.996. The Labute approximate surface area is 121 Å². The molecular weight excluding hydrogens is 275 g/mol. The van der Waals surface area contributed by atoms with Crippen LogP contribution in [0.4, 0.5) is 0 Å². The Morgan fingerprint density at radius 3 is 1.58 bits per heavy atom. The second-order valence-corrected chi connectivity index (χ2v) is 10.5. The zero-order chi connectivity index (χ0) is 14.3. The van der Waals surface area contributed by atoms with Gasteiger partial charge in [0.25, 0.3) is 0 Å². The fourth-order valence-electron chi connectivity index (χ4n) is 2.89. The standard InChI is InChI=1S/C16H22ClOP/c1-13-9-5-7-11-15(13,3)19(17,18)16(4)12-8-6-10-14(16)2/h5-14H,1-4H3. The van der Waals surface area contributed by atoms with Gasteiger partial charge in [-0.25, -0.2) is 0 Å². The predicted octanol–water partition coefficient (Wildman–Crippen LogP) is 5.54. The van der Waals surface area contributed by atoms with Crippen LogP contribution in [0.15, 0.2) is 48.6 Å². The zero-order valence-corrected chi connectivity index (χ0v) is 13.7. The van der Waals surface area contributed by atoms with Crippen molar-refractivity contribution in [2.75, 3.05) is 0 Å². The third-order valence-electron chi connectivity index (χ3n) is 4.97. The van der Waals surface area contributed by atoms with Crippen LogP contribution in [0.1, 0.15) is 27.7 Å². The molecule has 3 heteroatoms. The first-order valence-electron chi connectivity index (χ1n) is 6.77. The minimum absolute atomic E-state index is 0.171. The van der Waals surface area contributed by atoms with Gasteiger partial charge >= 0.3 is 0 Å². The maximum Gasteiger partial charge on any atom is 0.188 e. The quantitative estimate of drug-likeness (QED) is 0.611. The Kier molecular flexibility index (Phi) is 3.75. The maximum atomic E-state index is 13.6. The van der Waals surface area contributed by atoms with Crippen LogP contribution in [0.25, 0.3) is 0 Å². The number of halogens is 1. The van der Waals surface area contributed by atoms with Gasteiger partial charge in [-0.15, -0.1) is 0 Å². The molecule has 4 unspecified atom stereocenters. The fourth-order valence-corrected chi connectivity index (χ4v) is 6.97. The number of allylic oxidation sites excluding steroid dienone is 8. The van der Waals surface area contributed by atoms with Gasteiger partial charge in [0, 0.05) is 0 Å². The molecule has 0 heterocycles. The molecule has 2 rings (SSSR count). The molecule has 104 valence electrons. The molecule has 0 radical (unpaired) electrons. The van der Waals surface area contributed by atoms with Gasteiger partial charge in [0.05, 0.1) is 10.3 Å². The van der Waals surface area contributed by atoms with Crippen LogP contribution in [0.5, 0.6) is 0 Å². The molecule has 0 saturated carbocycles. The Morgan fingerprint density at radius 1 is 0.895 bits per heavy atom. The van der Waals surface area contributed by atoms with Crippen molar-refractivity contribution in [1.29, 1.82) is 0 Å². The average molecular weight is 297 g/mol. The number of hydrogen-bond acceptors (Lipinski definition) is 1. The lowest BCUT2D eigenvalue weighted by Gasteiger charge is -2.47. The largest absolute Gasteiger partial charge is 0.305 e. The van der Waals surface area contributed by atoms with E-state index in [1.807, 2.05) is 50.3 Å². The van der Waals surface area contributed by atoms with E-state index in [0.717, 1.165) is 0 Å². The van der Waals surface area contributed by atoms with Crippen LogP contribution in [0, 0.1) is 11.8 Å². The van der Waals surface area contributed by atoms with E-state index in [1.165, 1.54) is 0 Å². The first-order chi connectivity index (χ1) is 8.76. The summed E-state index contributed by atoms with van der Waals surface area (Å²) in [5.41, 5.74) is 0. The van der Waals surface area contributed by atoms with Crippen molar-refractivity contribution in [3.05, 3.63) is 48.6 Å². The van der Waals surface area contributed by atoms with E-state index in [4.69, 9.17) is 11.2 Å². The van der Waals surface area contributed by atoms with Crippen molar-refractivity contribution in [3.8, 4) is 0 Å². The van der Waals surface area contributed by atoms with E-state index >= 15 is 0 Å². The molecule has 1 nitrogen and oxygen atoms in total. The third kappa shape index (κ3) is 2.03. The number of hydrogen-bond donors (Lipinski definition) is 0. The summed E-state index contributed by atoms with van der Waals surface area (Å²) in [5.74, 6) is 0.341. The number of rotatable bonds is 2. The van der Waals surface area contributed by atoms with Gasteiger partial charge in [0.1, 0.15) is 0 Å². The third-order valence-corrected chi connectivity index (χ3v) is 10.7. The molecule has 0 bridgehead atoms. The van der Waals surface area contributed by atoms with Crippen LogP contribution < -0.4 is 0 Å². The summed E-state index contributed by atoms with van der Waals surface area (Å²) in [6.07, 6.45) is 16.2. The molecule has 0 fully saturated rings. The summed E-state index contributed by atoms with van der Waals surface area (Å²) >= 11 is 6.75. The summed E-state index contributed by atoms with van der Waals surface area (Å²) in [4.78, 5) is 0. The molecular formula is C16H22ClOP. The van der Waals surface area contributed by atoms with Crippen LogP contribution in [-0.4, -0.2) is 10.3 Å². The zero-order valence-electron chi connectivity index (χ0n) is 12.0. The van der Waals surface area contributed by atoms with E-state index in [1.54, 1.807) is 0 Å².